The van der Waals surface area contributed by atoms with Gasteiger partial charge >= 0.3 is 0 Å². The van der Waals surface area contributed by atoms with E-state index in [2.05, 4.69) is 21.0 Å². The van der Waals surface area contributed by atoms with Gasteiger partial charge in [0.15, 0.2) is 11.5 Å². The molecule has 5 N–H and O–H groups in total. The first-order chi connectivity index (χ1) is 9.19. The lowest BCUT2D eigenvalue weighted by molar-refractivity contribution is 0.235. The van der Waals surface area contributed by atoms with Crippen molar-refractivity contribution >= 4 is 22.9 Å². The van der Waals surface area contributed by atoms with Gasteiger partial charge in [-0.25, -0.2) is 4.98 Å². The highest BCUT2D eigenvalue weighted by atomic mass is 16.3. The summed E-state index contributed by atoms with van der Waals surface area (Å²) in [5.74, 6) is 0.699. The number of rotatable bonds is 2. The quantitative estimate of drug-likeness (QED) is 0.677. The maximum Gasteiger partial charge on any atom is 0.224 e. The van der Waals surface area contributed by atoms with Gasteiger partial charge in [0.05, 0.1) is 12.4 Å². The molecule has 2 unspecified atom stereocenters. The van der Waals surface area contributed by atoms with Gasteiger partial charge in [-0.05, 0) is 12.8 Å². The Kier molecular flexibility index (Phi) is 2.83. The Bertz CT molecular complexity index is 634. The van der Waals surface area contributed by atoms with E-state index in [9.17, 15) is 0 Å². The molecule has 0 bridgehead atoms. The Morgan fingerprint density at radius 3 is 2.79 bits per heavy atom. The second-order valence-electron chi connectivity index (χ2n) is 4.76. The molecule has 0 radical (unpaired) electrons. The van der Waals surface area contributed by atoms with Gasteiger partial charge in [-0.2, -0.15) is 9.97 Å². The zero-order valence-electron chi connectivity index (χ0n) is 10.4. The van der Waals surface area contributed by atoms with Crippen LogP contribution in [0.1, 0.15) is 18.9 Å². The first-order valence-corrected chi connectivity index (χ1v) is 6.23. The summed E-state index contributed by atoms with van der Waals surface area (Å²) in [6.07, 6.45) is 7.68. The van der Waals surface area contributed by atoms with Crippen molar-refractivity contribution in [2.75, 3.05) is 18.1 Å². The van der Waals surface area contributed by atoms with Gasteiger partial charge < -0.3 is 21.1 Å². The van der Waals surface area contributed by atoms with Gasteiger partial charge in [0, 0.05) is 12.5 Å². The van der Waals surface area contributed by atoms with Crippen molar-refractivity contribution in [3.63, 3.8) is 0 Å². The number of aliphatic hydroxyl groups excluding tert-OH is 1. The van der Waals surface area contributed by atoms with Crippen LogP contribution in [0.5, 0.6) is 0 Å². The fraction of sp³-hybridized carbons (Fsp3) is 0.417. The fourth-order valence-electron chi connectivity index (χ4n) is 2.45. The highest BCUT2D eigenvalue weighted by molar-refractivity contribution is 5.82. The third-order valence-electron chi connectivity index (χ3n) is 3.50. The van der Waals surface area contributed by atoms with Crippen LogP contribution >= 0.6 is 0 Å². The fourth-order valence-corrected chi connectivity index (χ4v) is 2.45. The van der Waals surface area contributed by atoms with Crippen LogP contribution in [-0.2, 0) is 0 Å². The molecule has 3 rings (SSSR count). The summed E-state index contributed by atoms with van der Waals surface area (Å²) in [6, 6.07) is 0.168. The molecule has 7 nitrogen and oxygen atoms in total. The maximum atomic E-state index is 9.13. The molecule has 1 aliphatic rings. The third kappa shape index (κ3) is 2.01. The average molecular weight is 260 g/mol. The zero-order chi connectivity index (χ0) is 13.4. The normalized spacial score (nSPS) is 23.0. The SMILES string of the molecule is Nc1nc(N)c2ncn(C3C=CC(CO)CC3)c2n1. The molecule has 0 saturated heterocycles. The predicted octanol–water partition coefficient (Wildman–Crippen LogP) is 0.490. The van der Waals surface area contributed by atoms with Gasteiger partial charge in [0.2, 0.25) is 5.95 Å². The smallest absolute Gasteiger partial charge is 0.224 e. The van der Waals surface area contributed by atoms with Crippen LogP contribution in [0, 0.1) is 5.92 Å². The van der Waals surface area contributed by atoms with E-state index in [0.717, 1.165) is 12.8 Å². The van der Waals surface area contributed by atoms with E-state index in [0.29, 0.717) is 17.0 Å². The van der Waals surface area contributed by atoms with Crippen molar-refractivity contribution < 1.29 is 5.11 Å². The lowest BCUT2D eigenvalue weighted by Gasteiger charge is -2.22. The van der Waals surface area contributed by atoms with Crippen LogP contribution in [0.15, 0.2) is 18.5 Å². The van der Waals surface area contributed by atoms with Gasteiger partial charge in [-0.3, -0.25) is 0 Å². The molecule has 0 spiro atoms. The minimum atomic E-state index is 0.153. The van der Waals surface area contributed by atoms with Gasteiger partial charge in [0.1, 0.15) is 5.52 Å². The van der Waals surface area contributed by atoms with E-state index >= 15 is 0 Å². The van der Waals surface area contributed by atoms with Crippen molar-refractivity contribution in [2.24, 2.45) is 5.92 Å². The monoisotopic (exact) mass is 260 g/mol. The number of fused-ring (bicyclic) bond motifs is 1. The Hall–Kier alpha value is -2.15. The number of anilines is 2. The van der Waals surface area contributed by atoms with Crippen molar-refractivity contribution in [3.05, 3.63) is 18.5 Å². The Labute approximate surface area is 110 Å². The number of hydrogen-bond donors (Lipinski definition) is 3. The number of nitrogens with zero attached hydrogens (tertiary/aromatic N) is 4. The zero-order valence-corrected chi connectivity index (χ0v) is 10.4. The van der Waals surface area contributed by atoms with Crippen molar-refractivity contribution in [1.82, 2.24) is 19.5 Å². The van der Waals surface area contributed by atoms with E-state index in [1.165, 1.54) is 0 Å². The molecular weight excluding hydrogens is 244 g/mol. The summed E-state index contributed by atoms with van der Waals surface area (Å²) in [5, 5.41) is 9.13. The van der Waals surface area contributed by atoms with Crippen molar-refractivity contribution in [1.29, 1.82) is 0 Å². The van der Waals surface area contributed by atoms with Crippen LogP contribution in [-0.4, -0.2) is 31.2 Å². The van der Waals surface area contributed by atoms with Crippen LogP contribution < -0.4 is 11.5 Å². The van der Waals surface area contributed by atoms with Crippen LogP contribution in [0.2, 0.25) is 0 Å². The number of allylic oxidation sites excluding steroid dienone is 1. The molecule has 19 heavy (non-hydrogen) atoms. The number of aliphatic hydroxyl groups is 1. The van der Waals surface area contributed by atoms with Gasteiger partial charge in [0.25, 0.3) is 0 Å². The molecule has 0 aromatic carbocycles. The first-order valence-electron chi connectivity index (χ1n) is 6.23. The number of imidazole rings is 1. The Morgan fingerprint density at radius 2 is 2.11 bits per heavy atom. The van der Waals surface area contributed by atoms with E-state index in [1.807, 2.05) is 10.6 Å². The van der Waals surface area contributed by atoms with Crippen LogP contribution in [0.25, 0.3) is 11.2 Å². The largest absolute Gasteiger partial charge is 0.396 e. The standard InChI is InChI=1S/C12H16N6O/c13-10-9-11(17-12(14)16-10)18(6-15-9)8-3-1-7(5-19)2-4-8/h1,3,6-8,19H,2,4-5H2,(H4,13,14,16,17). The lowest BCUT2D eigenvalue weighted by Crippen LogP contribution is -2.15. The Balaban J connectivity index is 2.02. The molecule has 0 fully saturated rings. The summed E-state index contributed by atoms with van der Waals surface area (Å²) < 4.78 is 1.95. The predicted molar refractivity (Wildman–Crippen MR) is 72.1 cm³/mol. The number of hydrogen-bond acceptors (Lipinski definition) is 6. The first kappa shape index (κ1) is 11.9. The molecule has 2 heterocycles. The Morgan fingerprint density at radius 1 is 1.26 bits per heavy atom. The van der Waals surface area contributed by atoms with Crippen LogP contribution in [0.4, 0.5) is 11.8 Å². The maximum absolute atomic E-state index is 9.13. The van der Waals surface area contributed by atoms with Crippen molar-refractivity contribution in [3.8, 4) is 0 Å². The summed E-state index contributed by atoms with van der Waals surface area (Å²) in [6.45, 7) is 0.190. The van der Waals surface area contributed by atoms with E-state index in [-0.39, 0.29) is 24.5 Å². The number of nitrogens with two attached hydrogens (primary N) is 2. The molecule has 7 heteroatoms. The highest BCUT2D eigenvalue weighted by Crippen LogP contribution is 2.29. The molecule has 2 atom stereocenters. The summed E-state index contributed by atoms with van der Waals surface area (Å²) in [4.78, 5) is 12.4. The van der Waals surface area contributed by atoms with Gasteiger partial charge in [-0.1, -0.05) is 12.2 Å². The second-order valence-corrected chi connectivity index (χ2v) is 4.76. The molecule has 2 aromatic rings. The number of nitrogen functional groups attached to an aromatic ring is 2. The summed E-state index contributed by atoms with van der Waals surface area (Å²) in [5.41, 5.74) is 12.6. The lowest BCUT2D eigenvalue weighted by atomic mass is 9.93. The minimum Gasteiger partial charge on any atom is -0.396 e. The average Bonchev–Trinajstić information content (AvgIpc) is 2.83. The molecule has 2 aromatic heterocycles. The third-order valence-corrected chi connectivity index (χ3v) is 3.50. The summed E-state index contributed by atoms with van der Waals surface area (Å²) in [7, 11) is 0. The molecule has 0 saturated carbocycles. The molecule has 0 aliphatic heterocycles. The molecular formula is C12H16N6O. The van der Waals surface area contributed by atoms with E-state index in [1.54, 1.807) is 6.33 Å². The van der Waals surface area contributed by atoms with Crippen LogP contribution in [0.3, 0.4) is 0 Å². The molecule has 1 aliphatic carbocycles. The number of aromatic nitrogens is 4. The van der Waals surface area contributed by atoms with Gasteiger partial charge in [-0.15, -0.1) is 0 Å². The highest BCUT2D eigenvalue weighted by Gasteiger charge is 2.20. The van der Waals surface area contributed by atoms with E-state index < -0.39 is 0 Å². The minimum absolute atomic E-state index is 0.153. The summed E-state index contributed by atoms with van der Waals surface area (Å²) >= 11 is 0. The topological polar surface area (TPSA) is 116 Å². The second kappa shape index (κ2) is 4.51. The van der Waals surface area contributed by atoms with Crippen molar-refractivity contribution in [2.45, 2.75) is 18.9 Å². The van der Waals surface area contributed by atoms with E-state index in [4.69, 9.17) is 16.6 Å². The molecule has 0 amide bonds. The molecule has 100 valence electrons.